The summed E-state index contributed by atoms with van der Waals surface area (Å²) in [6, 6.07) is 8.45. The van der Waals surface area contributed by atoms with Gasteiger partial charge in [-0.2, -0.15) is 0 Å². The summed E-state index contributed by atoms with van der Waals surface area (Å²) in [4.78, 5) is 13.2. The molecule has 4 nitrogen and oxygen atoms in total. The molecular weight excluding hydrogens is 218 g/mol. The van der Waals surface area contributed by atoms with Crippen molar-refractivity contribution in [3.8, 4) is 0 Å². The van der Waals surface area contributed by atoms with Gasteiger partial charge in [-0.3, -0.25) is 9.69 Å². The largest absolute Gasteiger partial charge is 0.480 e. The Kier molecular flexibility index (Phi) is 5.66. The maximum absolute atomic E-state index is 11.4. The van der Waals surface area contributed by atoms with Crippen molar-refractivity contribution in [3.63, 3.8) is 0 Å². The highest BCUT2D eigenvalue weighted by atomic mass is 16.4. The summed E-state index contributed by atoms with van der Waals surface area (Å²) in [6.07, 6.45) is 0.858. The number of aliphatic hydroxyl groups excluding tert-OH is 1. The maximum Gasteiger partial charge on any atom is 0.325 e. The average Bonchev–Trinajstić information content (AvgIpc) is 2.31. The van der Waals surface area contributed by atoms with Crippen LogP contribution in [0.15, 0.2) is 30.3 Å². The van der Waals surface area contributed by atoms with Crippen LogP contribution in [0.25, 0.3) is 0 Å². The fourth-order valence-corrected chi connectivity index (χ4v) is 1.93. The minimum atomic E-state index is -0.877. The third kappa shape index (κ3) is 3.84. The zero-order valence-corrected chi connectivity index (χ0v) is 10.0. The standard InChI is InChI=1S/C13H19NO3/c1-2-8-14(9-10-15)12(13(16)17)11-6-4-3-5-7-11/h3-7,12,15H,2,8-10H2,1H3,(H,16,17). The van der Waals surface area contributed by atoms with E-state index in [1.54, 1.807) is 17.0 Å². The van der Waals surface area contributed by atoms with Crippen molar-refractivity contribution in [2.24, 2.45) is 0 Å². The SMILES string of the molecule is CCCN(CCO)C(C(=O)O)c1ccccc1. The maximum atomic E-state index is 11.4. The number of carbonyl (C=O) groups is 1. The van der Waals surface area contributed by atoms with Crippen LogP contribution in [-0.2, 0) is 4.79 Å². The summed E-state index contributed by atoms with van der Waals surface area (Å²) >= 11 is 0. The molecule has 0 spiro atoms. The number of hydrogen-bond acceptors (Lipinski definition) is 3. The van der Waals surface area contributed by atoms with E-state index < -0.39 is 12.0 Å². The van der Waals surface area contributed by atoms with Crippen molar-refractivity contribution < 1.29 is 15.0 Å². The van der Waals surface area contributed by atoms with Crippen LogP contribution in [0.5, 0.6) is 0 Å². The van der Waals surface area contributed by atoms with Crippen molar-refractivity contribution >= 4 is 5.97 Å². The number of hydrogen-bond donors (Lipinski definition) is 2. The number of carboxylic acid groups (broad SMARTS) is 1. The molecule has 0 aliphatic heterocycles. The molecule has 0 fully saturated rings. The van der Waals surface area contributed by atoms with Crippen molar-refractivity contribution in [3.05, 3.63) is 35.9 Å². The van der Waals surface area contributed by atoms with Crippen LogP contribution in [0.1, 0.15) is 24.9 Å². The first-order valence-corrected chi connectivity index (χ1v) is 5.83. The first-order chi connectivity index (χ1) is 8.20. The van der Waals surface area contributed by atoms with Gasteiger partial charge in [-0.05, 0) is 18.5 Å². The molecule has 1 aromatic rings. The van der Waals surface area contributed by atoms with Gasteiger partial charge in [-0.15, -0.1) is 0 Å². The zero-order chi connectivity index (χ0) is 12.7. The Morgan fingerprint density at radius 2 is 1.94 bits per heavy atom. The highest BCUT2D eigenvalue weighted by Crippen LogP contribution is 2.20. The van der Waals surface area contributed by atoms with Crippen LogP contribution in [0, 0.1) is 0 Å². The minimum Gasteiger partial charge on any atom is -0.480 e. The molecule has 0 aliphatic carbocycles. The van der Waals surface area contributed by atoms with E-state index in [9.17, 15) is 9.90 Å². The van der Waals surface area contributed by atoms with Crippen molar-refractivity contribution in [1.29, 1.82) is 0 Å². The minimum absolute atomic E-state index is 0.0311. The van der Waals surface area contributed by atoms with Crippen LogP contribution in [0.2, 0.25) is 0 Å². The lowest BCUT2D eigenvalue weighted by molar-refractivity contribution is -0.143. The van der Waals surface area contributed by atoms with E-state index in [-0.39, 0.29) is 6.61 Å². The Labute approximate surface area is 101 Å². The summed E-state index contributed by atoms with van der Waals surface area (Å²) in [5, 5.41) is 18.3. The second-order valence-corrected chi connectivity index (χ2v) is 3.91. The van der Waals surface area contributed by atoms with E-state index in [0.29, 0.717) is 13.1 Å². The van der Waals surface area contributed by atoms with E-state index in [1.807, 2.05) is 25.1 Å². The van der Waals surface area contributed by atoms with Gasteiger partial charge in [0.15, 0.2) is 0 Å². The second kappa shape index (κ2) is 7.04. The molecule has 1 rings (SSSR count). The lowest BCUT2D eigenvalue weighted by Gasteiger charge is -2.28. The van der Waals surface area contributed by atoms with Gasteiger partial charge in [0.25, 0.3) is 0 Å². The van der Waals surface area contributed by atoms with E-state index in [0.717, 1.165) is 12.0 Å². The zero-order valence-electron chi connectivity index (χ0n) is 10.0. The highest BCUT2D eigenvalue weighted by molar-refractivity contribution is 5.75. The first kappa shape index (κ1) is 13.7. The predicted molar refractivity (Wildman–Crippen MR) is 65.8 cm³/mol. The number of nitrogens with zero attached hydrogens (tertiary/aromatic N) is 1. The van der Waals surface area contributed by atoms with E-state index in [4.69, 9.17) is 5.11 Å². The Morgan fingerprint density at radius 3 is 2.41 bits per heavy atom. The Morgan fingerprint density at radius 1 is 1.29 bits per heavy atom. The van der Waals surface area contributed by atoms with Gasteiger partial charge in [0.1, 0.15) is 6.04 Å². The van der Waals surface area contributed by atoms with E-state index in [1.165, 1.54) is 0 Å². The molecule has 17 heavy (non-hydrogen) atoms. The van der Waals surface area contributed by atoms with Gasteiger partial charge in [0.05, 0.1) is 6.61 Å². The van der Waals surface area contributed by atoms with Crippen LogP contribution < -0.4 is 0 Å². The molecule has 0 saturated carbocycles. The van der Waals surface area contributed by atoms with Crippen LogP contribution >= 0.6 is 0 Å². The lowest BCUT2D eigenvalue weighted by atomic mass is 10.1. The van der Waals surface area contributed by atoms with Gasteiger partial charge >= 0.3 is 5.97 Å². The number of aliphatic hydroxyl groups is 1. The lowest BCUT2D eigenvalue weighted by Crippen LogP contribution is -2.36. The van der Waals surface area contributed by atoms with Crippen molar-refractivity contribution in [2.75, 3.05) is 19.7 Å². The van der Waals surface area contributed by atoms with Crippen LogP contribution in [-0.4, -0.2) is 40.8 Å². The molecule has 1 aromatic carbocycles. The molecule has 4 heteroatoms. The van der Waals surface area contributed by atoms with E-state index >= 15 is 0 Å². The van der Waals surface area contributed by atoms with Gasteiger partial charge in [-0.25, -0.2) is 0 Å². The summed E-state index contributed by atoms with van der Waals surface area (Å²) in [5.74, 6) is -0.877. The summed E-state index contributed by atoms with van der Waals surface area (Å²) < 4.78 is 0. The monoisotopic (exact) mass is 237 g/mol. The molecule has 0 saturated heterocycles. The predicted octanol–water partition coefficient (Wildman–Crippen LogP) is 1.52. The molecule has 1 atom stereocenters. The topological polar surface area (TPSA) is 60.8 Å². The average molecular weight is 237 g/mol. The molecule has 0 heterocycles. The van der Waals surface area contributed by atoms with Crippen LogP contribution in [0.3, 0.4) is 0 Å². The molecule has 0 amide bonds. The van der Waals surface area contributed by atoms with Gasteiger partial charge in [0, 0.05) is 6.54 Å². The number of aliphatic carboxylic acids is 1. The van der Waals surface area contributed by atoms with Crippen molar-refractivity contribution in [2.45, 2.75) is 19.4 Å². The fraction of sp³-hybridized carbons (Fsp3) is 0.462. The quantitative estimate of drug-likeness (QED) is 0.754. The Balaban J connectivity index is 2.94. The molecular formula is C13H19NO3. The summed E-state index contributed by atoms with van der Waals surface area (Å²) in [6.45, 7) is 3.00. The Hall–Kier alpha value is -1.39. The molecule has 2 N–H and O–H groups in total. The third-order valence-electron chi connectivity index (χ3n) is 2.61. The Bertz CT molecular complexity index is 334. The smallest absolute Gasteiger partial charge is 0.325 e. The molecule has 0 aromatic heterocycles. The molecule has 1 unspecified atom stereocenters. The molecule has 0 aliphatic rings. The second-order valence-electron chi connectivity index (χ2n) is 3.91. The van der Waals surface area contributed by atoms with Crippen molar-refractivity contribution in [1.82, 2.24) is 4.90 Å². The molecule has 0 radical (unpaired) electrons. The highest BCUT2D eigenvalue weighted by Gasteiger charge is 2.26. The molecule has 94 valence electrons. The molecule has 0 bridgehead atoms. The number of rotatable bonds is 7. The normalized spacial score (nSPS) is 12.6. The summed E-state index contributed by atoms with van der Waals surface area (Å²) in [7, 11) is 0. The van der Waals surface area contributed by atoms with Gasteiger partial charge < -0.3 is 10.2 Å². The first-order valence-electron chi connectivity index (χ1n) is 5.83. The fourth-order valence-electron chi connectivity index (χ4n) is 1.93. The van der Waals surface area contributed by atoms with Crippen LogP contribution in [0.4, 0.5) is 0 Å². The summed E-state index contributed by atoms with van der Waals surface area (Å²) in [5.41, 5.74) is 0.752. The third-order valence-corrected chi connectivity index (χ3v) is 2.61. The van der Waals surface area contributed by atoms with E-state index in [2.05, 4.69) is 0 Å². The van der Waals surface area contributed by atoms with Gasteiger partial charge in [-0.1, -0.05) is 37.3 Å². The number of benzene rings is 1. The number of carboxylic acids is 1. The van der Waals surface area contributed by atoms with Gasteiger partial charge in [0.2, 0.25) is 0 Å².